The van der Waals surface area contributed by atoms with Gasteiger partial charge in [-0.2, -0.15) is 0 Å². The van der Waals surface area contributed by atoms with Gasteiger partial charge in [0.05, 0.1) is 12.1 Å². The average molecular weight is 256 g/mol. The van der Waals surface area contributed by atoms with Crippen LogP contribution in [0.25, 0.3) is 0 Å². The molecule has 0 unspecified atom stereocenters. The van der Waals surface area contributed by atoms with Gasteiger partial charge in [0, 0.05) is 12.5 Å². The summed E-state index contributed by atoms with van der Waals surface area (Å²) in [5.74, 6) is 0.687. The number of ether oxygens (including phenoxy) is 1. The Hall–Kier alpha value is -1.22. The lowest BCUT2D eigenvalue weighted by atomic mass is 10.1. The van der Waals surface area contributed by atoms with Crippen molar-refractivity contribution in [2.45, 2.75) is 32.7 Å². The molecular weight excluding hydrogens is 238 g/mol. The number of methoxy groups -OCH3 is 1. The fourth-order valence-electron chi connectivity index (χ4n) is 1.55. The second-order valence-corrected chi connectivity index (χ2v) is 4.53. The lowest BCUT2D eigenvalue weighted by Gasteiger charge is -2.10. The van der Waals surface area contributed by atoms with Crippen LogP contribution in [0.3, 0.4) is 0 Å². The Balaban J connectivity index is 2.60. The van der Waals surface area contributed by atoms with Crippen LogP contribution in [0, 0.1) is 0 Å². The standard InChI is InChI=1S/C13H18ClNO2/c1-9(2)15-12(16)8-7-10-5-4-6-11(17-3)13(10)14/h4-6,9H,7-8H2,1-3H3,(H,15,16). The molecule has 0 aromatic heterocycles. The molecule has 0 heterocycles. The number of hydrogen-bond donors (Lipinski definition) is 1. The van der Waals surface area contributed by atoms with Crippen molar-refractivity contribution in [3.8, 4) is 5.75 Å². The van der Waals surface area contributed by atoms with E-state index in [-0.39, 0.29) is 11.9 Å². The normalized spacial score (nSPS) is 10.4. The third-order valence-electron chi connectivity index (χ3n) is 2.33. The number of carbonyl (C=O) groups is 1. The average Bonchev–Trinajstić information content (AvgIpc) is 2.27. The highest BCUT2D eigenvalue weighted by Gasteiger charge is 2.09. The van der Waals surface area contributed by atoms with E-state index in [2.05, 4.69) is 5.32 Å². The van der Waals surface area contributed by atoms with Crippen molar-refractivity contribution in [2.24, 2.45) is 0 Å². The molecule has 1 aromatic rings. The van der Waals surface area contributed by atoms with Crippen molar-refractivity contribution in [1.82, 2.24) is 5.32 Å². The summed E-state index contributed by atoms with van der Waals surface area (Å²) in [7, 11) is 1.58. The van der Waals surface area contributed by atoms with Crippen molar-refractivity contribution >= 4 is 17.5 Å². The summed E-state index contributed by atoms with van der Waals surface area (Å²) in [6.07, 6.45) is 1.06. The minimum Gasteiger partial charge on any atom is -0.495 e. The smallest absolute Gasteiger partial charge is 0.220 e. The monoisotopic (exact) mass is 255 g/mol. The summed E-state index contributed by atoms with van der Waals surface area (Å²) in [5, 5.41) is 3.44. The minimum atomic E-state index is 0.0406. The third-order valence-corrected chi connectivity index (χ3v) is 2.76. The van der Waals surface area contributed by atoms with Crippen LogP contribution in [0.2, 0.25) is 5.02 Å². The zero-order valence-corrected chi connectivity index (χ0v) is 11.2. The molecule has 1 N–H and O–H groups in total. The Morgan fingerprint density at radius 2 is 2.18 bits per heavy atom. The molecule has 0 radical (unpaired) electrons. The van der Waals surface area contributed by atoms with Gasteiger partial charge in [-0.1, -0.05) is 23.7 Å². The maximum atomic E-state index is 11.5. The molecule has 0 atom stereocenters. The van der Waals surface area contributed by atoms with E-state index in [4.69, 9.17) is 16.3 Å². The quantitative estimate of drug-likeness (QED) is 0.879. The van der Waals surface area contributed by atoms with Crippen LogP contribution in [-0.4, -0.2) is 19.1 Å². The Morgan fingerprint density at radius 3 is 2.76 bits per heavy atom. The lowest BCUT2D eigenvalue weighted by Crippen LogP contribution is -2.30. The lowest BCUT2D eigenvalue weighted by molar-refractivity contribution is -0.121. The van der Waals surface area contributed by atoms with Crippen molar-refractivity contribution in [3.63, 3.8) is 0 Å². The van der Waals surface area contributed by atoms with Crippen LogP contribution < -0.4 is 10.1 Å². The van der Waals surface area contributed by atoms with Gasteiger partial charge in [0.25, 0.3) is 0 Å². The fourth-order valence-corrected chi connectivity index (χ4v) is 1.85. The molecule has 1 rings (SSSR count). The number of aryl methyl sites for hydroxylation is 1. The molecule has 1 amide bonds. The molecule has 94 valence electrons. The van der Waals surface area contributed by atoms with E-state index in [0.29, 0.717) is 23.6 Å². The van der Waals surface area contributed by atoms with Gasteiger partial charge in [-0.3, -0.25) is 4.79 Å². The van der Waals surface area contributed by atoms with Crippen molar-refractivity contribution in [3.05, 3.63) is 28.8 Å². The van der Waals surface area contributed by atoms with E-state index in [9.17, 15) is 4.79 Å². The van der Waals surface area contributed by atoms with Crippen LogP contribution >= 0.6 is 11.6 Å². The van der Waals surface area contributed by atoms with Gasteiger partial charge in [0.15, 0.2) is 0 Å². The first-order valence-corrected chi connectivity index (χ1v) is 6.03. The zero-order valence-electron chi connectivity index (χ0n) is 10.4. The molecule has 0 aliphatic heterocycles. The second kappa shape index (κ2) is 6.50. The summed E-state index contributed by atoms with van der Waals surface area (Å²) in [6, 6.07) is 5.76. The highest BCUT2D eigenvalue weighted by atomic mass is 35.5. The molecule has 0 fully saturated rings. The molecule has 0 aliphatic rings. The number of benzene rings is 1. The third kappa shape index (κ3) is 4.27. The van der Waals surface area contributed by atoms with Gasteiger partial charge in [0.2, 0.25) is 5.91 Å². The van der Waals surface area contributed by atoms with Crippen molar-refractivity contribution in [2.75, 3.05) is 7.11 Å². The van der Waals surface area contributed by atoms with Gasteiger partial charge in [-0.15, -0.1) is 0 Å². The molecular formula is C13H18ClNO2. The van der Waals surface area contributed by atoms with Gasteiger partial charge in [-0.05, 0) is 31.9 Å². The fraction of sp³-hybridized carbons (Fsp3) is 0.462. The van der Waals surface area contributed by atoms with E-state index in [0.717, 1.165) is 5.56 Å². The number of rotatable bonds is 5. The topological polar surface area (TPSA) is 38.3 Å². The summed E-state index contributed by atoms with van der Waals surface area (Å²) < 4.78 is 5.12. The van der Waals surface area contributed by atoms with Crippen LogP contribution in [0.15, 0.2) is 18.2 Å². The number of carbonyl (C=O) groups excluding carboxylic acids is 1. The van der Waals surface area contributed by atoms with Gasteiger partial charge >= 0.3 is 0 Å². The first kappa shape index (κ1) is 13.8. The van der Waals surface area contributed by atoms with Crippen LogP contribution in [-0.2, 0) is 11.2 Å². The van der Waals surface area contributed by atoms with E-state index in [1.165, 1.54) is 0 Å². The molecule has 17 heavy (non-hydrogen) atoms. The van der Waals surface area contributed by atoms with E-state index < -0.39 is 0 Å². The Labute approximate surface area is 107 Å². The van der Waals surface area contributed by atoms with E-state index in [1.807, 2.05) is 26.0 Å². The predicted molar refractivity (Wildman–Crippen MR) is 69.6 cm³/mol. The first-order valence-electron chi connectivity index (χ1n) is 5.65. The Kier molecular flexibility index (Phi) is 5.29. The summed E-state index contributed by atoms with van der Waals surface area (Å²) in [5.41, 5.74) is 0.935. The van der Waals surface area contributed by atoms with Gasteiger partial charge in [0.1, 0.15) is 5.75 Å². The van der Waals surface area contributed by atoms with Gasteiger partial charge in [-0.25, -0.2) is 0 Å². The molecule has 1 aromatic carbocycles. The Bertz CT molecular complexity index is 391. The summed E-state index contributed by atoms with van der Waals surface area (Å²) >= 11 is 6.14. The van der Waals surface area contributed by atoms with Gasteiger partial charge < -0.3 is 10.1 Å². The van der Waals surface area contributed by atoms with Crippen LogP contribution in [0.4, 0.5) is 0 Å². The molecule has 0 bridgehead atoms. The predicted octanol–water partition coefficient (Wildman–Crippen LogP) is 2.81. The molecule has 3 nitrogen and oxygen atoms in total. The molecule has 0 saturated carbocycles. The number of nitrogens with one attached hydrogen (secondary N) is 1. The maximum Gasteiger partial charge on any atom is 0.220 e. The molecule has 4 heteroatoms. The van der Waals surface area contributed by atoms with E-state index in [1.54, 1.807) is 13.2 Å². The largest absolute Gasteiger partial charge is 0.495 e. The highest BCUT2D eigenvalue weighted by Crippen LogP contribution is 2.28. The maximum absolute atomic E-state index is 11.5. The SMILES string of the molecule is COc1cccc(CCC(=O)NC(C)C)c1Cl. The second-order valence-electron chi connectivity index (χ2n) is 4.16. The number of hydrogen-bond acceptors (Lipinski definition) is 2. The van der Waals surface area contributed by atoms with Crippen LogP contribution in [0.5, 0.6) is 5.75 Å². The molecule has 0 spiro atoms. The van der Waals surface area contributed by atoms with E-state index >= 15 is 0 Å². The van der Waals surface area contributed by atoms with Crippen molar-refractivity contribution < 1.29 is 9.53 Å². The minimum absolute atomic E-state index is 0.0406. The highest BCUT2D eigenvalue weighted by molar-refractivity contribution is 6.32. The summed E-state index contributed by atoms with van der Waals surface area (Å²) in [4.78, 5) is 11.5. The zero-order chi connectivity index (χ0) is 12.8. The van der Waals surface area contributed by atoms with Crippen molar-refractivity contribution in [1.29, 1.82) is 0 Å². The first-order chi connectivity index (χ1) is 8.04. The van der Waals surface area contributed by atoms with Crippen LogP contribution in [0.1, 0.15) is 25.8 Å². The Morgan fingerprint density at radius 1 is 1.47 bits per heavy atom. The molecule has 0 aliphatic carbocycles. The number of amides is 1. The number of halogens is 1. The molecule has 0 saturated heterocycles. The summed E-state index contributed by atoms with van der Waals surface area (Å²) in [6.45, 7) is 3.88.